The fourth-order valence-electron chi connectivity index (χ4n) is 7.92. The number of nitrogens with two attached hydrogens (primary N) is 1. The fraction of sp³-hybridized carbons (Fsp3) is 0.222. The number of H-pyrrole nitrogens is 2. The molecule has 19 heteroatoms. The third kappa shape index (κ3) is 14.8. The molecule has 73 heavy (non-hydrogen) atoms. The summed E-state index contributed by atoms with van der Waals surface area (Å²) in [4.78, 5) is 42.4. The molecule has 4 heterocycles. The van der Waals surface area contributed by atoms with Crippen LogP contribution in [-0.2, 0) is 0 Å². The maximum absolute atomic E-state index is 14.8. The number of hydrogen-bond acceptors (Lipinski definition) is 9. The van der Waals surface area contributed by atoms with Crippen LogP contribution in [0.4, 0.5) is 31.5 Å². The quantitative estimate of drug-likeness (QED) is 0.0889. The summed E-state index contributed by atoms with van der Waals surface area (Å²) in [6, 6.07) is 35.3. The van der Waals surface area contributed by atoms with Gasteiger partial charge in [0.25, 0.3) is 5.91 Å². The summed E-state index contributed by atoms with van der Waals surface area (Å²) in [6.07, 6.45) is 0. The topological polar surface area (TPSA) is 137 Å². The van der Waals surface area contributed by atoms with Gasteiger partial charge in [-0.15, -0.1) is 0 Å². The third-order valence-corrected chi connectivity index (χ3v) is 14.8. The minimum Gasteiger partial charge on any atom is -0.477 e. The van der Waals surface area contributed by atoms with Gasteiger partial charge in [-0.25, -0.2) is 13.6 Å². The minimum absolute atomic E-state index is 0. The lowest BCUT2D eigenvalue weighted by atomic mass is 10.2. The summed E-state index contributed by atoms with van der Waals surface area (Å²) in [5.74, 6) is -1.92. The molecule has 384 valence electrons. The van der Waals surface area contributed by atoms with Crippen LogP contribution in [0.3, 0.4) is 0 Å². The average molecular weight is 1110 g/mol. The molecule has 0 bridgehead atoms. The van der Waals surface area contributed by atoms with Gasteiger partial charge in [-0.2, -0.15) is 0 Å². The molecule has 1 amide bonds. The van der Waals surface area contributed by atoms with Crippen molar-refractivity contribution < 1.29 is 23.5 Å². The number of aromatic nitrogens is 2. The Balaban J connectivity index is 0.000000194. The molecule has 0 unspecified atom stereocenters. The smallest absolute Gasteiger partial charge is 0.352 e. The van der Waals surface area contributed by atoms with E-state index in [4.69, 9.17) is 57.2 Å². The number of amides is 1. The van der Waals surface area contributed by atoms with Crippen LogP contribution in [0.2, 0.25) is 20.1 Å². The summed E-state index contributed by atoms with van der Waals surface area (Å²) in [5, 5.41) is 16.0. The largest absolute Gasteiger partial charge is 0.477 e. The number of rotatable bonds is 9. The lowest BCUT2D eigenvalue weighted by Crippen LogP contribution is -2.44. The number of nitrogens with one attached hydrogen (secondary N) is 3. The Kier molecular flexibility index (Phi) is 19.8. The Morgan fingerprint density at radius 1 is 0.562 bits per heavy atom. The first-order chi connectivity index (χ1) is 34.0. The van der Waals surface area contributed by atoms with Crippen LogP contribution < -0.4 is 20.9 Å². The van der Waals surface area contributed by atoms with Crippen molar-refractivity contribution in [3.05, 3.63) is 164 Å². The normalized spacial score (nSPS) is 13.8. The van der Waals surface area contributed by atoms with Gasteiger partial charge in [0.2, 0.25) is 0 Å². The van der Waals surface area contributed by atoms with E-state index < -0.39 is 5.97 Å². The van der Waals surface area contributed by atoms with Gasteiger partial charge in [-0.05, 0) is 135 Å². The highest BCUT2D eigenvalue weighted by atomic mass is 35.5. The maximum Gasteiger partial charge on any atom is 0.352 e. The third-order valence-electron chi connectivity index (χ3n) is 11.8. The van der Waals surface area contributed by atoms with Crippen molar-refractivity contribution in [2.24, 2.45) is 0 Å². The predicted molar refractivity (Wildman–Crippen MR) is 303 cm³/mol. The molecule has 2 aliphatic rings. The molecular formula is C54H56Cl4F2N8O3S2. The number of aromatic carboxylic acids is 1. The van der Waals surface area contributed by atoms with Crippen molar-refractivity contribution in [1.82, 2.24) is 19.8 Å². The number of anilines is 4. The standard InChI is InChI=1S/C26H23Cl2FN4OS.C15H9Cl2NO2S.C11H16FN3.2CH4/c1-32-8-10-33(11-9-32)24-7-4-18(14-21(24)29)30-26(34)23-15-20-22(31-23)12-17(28)13-25(20)35-19-5-2-16(27)3-6-19;16-8-1-3-10(4-2-8)21-14-6-9(17)5-12-11(14)7-13(18-12)15(19)20;1-14-4-6-15(7-5-14)11-3-2-9(13)8-10(11)12;;/h2-7,12-15,31H,8-11H2,1H3,(H,30,34);1-7,18H,(H,19,20);2-3,8H,4-7,13H2,1H3;2*1H4. The number of piperazine rings is 2. The molecule has 0 aliphatic carbocycles. The van der Waals surface area contributed by atoms with Crippen LogP contribution in [0, 0.1) is 11.6 Å². The fourth-order valence-corrected chi connectivity index (χ4v) is 10.7. The lowest BCUT2D eigenvalue weighted by molar-refractivity contribution is 0.0691. The first kappa shape index (κ1) is 56.7. The van der Waals surface area contributed by atoms with Crippen molar-refractivity contribution in [2.45, 2.75) is 34.4 Å². The van der Waals surface area contributed by atoms with Gasteiger partial charge >= 0.3 is 5.97 Å². The second kappa shape index (κ2) is 25.6. The van der Waals surface area contributed by atoms with Crippen LogP contribution in [0.15, 0.2) is 141 Å². The van der Waals surface area contributed by atoms with E-state index in [1.54, 1.807) is 48.5 Å². The van der Waals surface area contributed by atoms with Crippen molar-refractivity contribution in [1.29, 1.82) is 0 Å². The second-order valence-electron chi connectivity index (χ2n) is 16.9. The number of hydrogen-bond donors (Lipinski definition) is 5. The Labute approximate surface area is 452 Å². The van der Waals surface area contributed by atoms with Crippen molar-refractivity contribution in [2.75, 3.05) is 87.3 Å². The molecule has 2 aliphatic heterocycles. The molecule has 0 spiro atoms. The van der Waals surface area contributed by atoms with Gasteiger partial charge in [0, 0.05) is 125 Å². The second-order valence-corrected chi connectivity index (χ2v) is 20.9. The number of nitrogens with zero attached hydrogens (tertiary/aromatic N) is 4. The van der Waals surface area contributed by atoms with Crippen LogP contribution in [-0.4, -0.2) is 103 Å². The molecule has 2 saturated heterocycles. The molecule has 0 radical (unpaired) electrons. The van der Waals surface area contributed by atoms with E-state index in [0.717, 1.165) is 88.2 Å². The molecule has 0 atom stereocenters. The van der Waals surface area contributed by atoms with Crippen LogP contribution >= 0.6 is 69.9 Å². The molecule has 11 nitrogen and oxygen atoms in total. The molecular weight excluding hydrogens is 1050 g/mol. The van der Waals surface area contributed by atoms with Gasteiger partial charge in [-0.3, -0.25) is 4.79 Å². The minimum atomic E-state index is -0.996. The summed E-state index contributed by atoms with van der Waals surface area (Å²) < 4.78 is 28.4. The molecule has 6 aromatic carbocycles. The number of halogens is 6. The monoisotopic (exact) mass is 1110 g/mol. The predicted octanol–water partition coefficient (Wildman–Crippen LogP) is 14.5. The number of fused-ring (bicyclic) bond motifs is 2. The maximum atomic E-state index is 14.8. The highest BCUT2D eigenvalue weighted by Gasteiger charge is 2.20. The summed E-state index contributed by atoms with van der Waals surface area (Å²) in [7, 11) is 4.14. The van der Waals surface area contributed by atoms with E-state index in [1.165, 1.54) is 35.7 Å². The lowest BCUT2D eigenvalue weighted by Gasteiger charge is -2.34. The Hall–Kier alpha value is -5.62. The Morgan fingerprint density at radius 3 is 1.42 bits per heavy atom. The highest BCUT2D eigenvalue weighted by molar-refractivity contribution is 7.99. The van der Waals surface area contributed by atoms with E-state index in [-0.39, 0.29) is 38.1 Å². The zero-order valence-corrected chi connectivity index (χ0v) is 43.1. The number of carbonyl (C=O) groups excluding carboxylic acids is 1. The molecule has 2 fully saturated rings. The van der Waals surface area contributed by atoms with Crippen molar-refractivity contribution >= 4 is 126 Å². The summed E-state index contributed by atoms with van der Waals surface area (Å²) in [6.45, 7) is 7.02. The van der Waals surface area contributed by atoms with E-state index in [1.807, 2.05) is 65.6 Å². The molecule has 10 rings (SSSR count). The van der Waals surface area contributed by atoms with E-state index >= 15 is 0 Å². The van der Waals surface area contributed by atoms with Gasteiger partial charge in [0.15, 0.2) is 0 Å². The van der Waals surface area contributed by atoms with Crippen LogP contribution in [0.25, 0.3) is 21.8 Å². The first-order valence-electron chi connectivity index (χ1n) is 22.3. The SMILES string of the molecule is C.C.CN1CCN(c2ccc(N)cc2F)CC1.CN1CCN(c2ccc(NC(=O)c3cc4c(Sc5ccc(Cl)cc5)cc(Cl)cc4[nH]3)cc2F)CC1.O=C(O)c1cc2c(Sc3ccc(Cl)cc3)cc(Cl)cc2[nH]1. The zero-order chi connectivity index (χ0) is 50.3. The first-order valence-corrected chi connectivity index (χ1v) is 25.5. The van der Waals surface area contributed by atoms with E-state index in [9.17, 15) is 18.4 Å². The van der Waals surface area contributed by atoms with Crippen LogP contribution in [0.1, 0.15) is 35.8 Å². The molecule has 8 aromatic rings. The number of carboxylic acids is 1. The zero-order valence-electron chi connectivity index (χ0n) is 38.4. The van der Waals surface area contributed by atoms with Gasteiger partial charge in [-0.1, -0.05) is 84.8 Å². The highest BCUT2D eigenvalue weighted by Crippen LogP contribution is 2.38. The van der Waals surface area contributed by atoms with Gasteiger partial charge in [0.1, 0.15) is 23.0 Å². The van der Waals surface area contributed by atoms with Crippen LogP contribution in [0.5, 0.6) is 0 Å². The average Bonchev–Trinajstić information content (AvgIpc) is 3.98. The number of likely N-dealkylation sites (N-methyl/N-ethyl adjacent to an activating group) is 2. The molecule has 0 saturated carbocycles. The number of carboxylic acid groups (broad SMARTS) is 1. The Morgan fingerprint density at radius 2 is 0.986 bits per heavy atom. The van der Waals surface area contributed by atoms with Gasteiger partial charge < -0.3 is 45.7 Å². The number of aromatic amines is 2. The number of nitrogen functional groups attached to an aromatic ring is 1. The van der Waals surface area contributed by atoms with E-state index in [0.29, 0.717) is 54.1 Å². The van der Waals surface area contributed by atoms with Crippen molar-refractivity contribution in [3.8, 4) is 0 Å². The Bertz CT molecular complexity index is 3180. The molecule has 6 N–H and O–H groups in total. The number of carbonyl (C=O) groups is 2. The van der Waals surface area contributed by atoms with E-state index in [2.05, 4.69) is 44.1 Å². The van der Waals surface area contributed by atoms with Crippen molar-refractivity contribution in [3.63, 3.8) is 0 Å². The van der Waals surface area contributed by atoms with Gasteiger partial charge in [0.05, 0.1) is 11.4 Å². The summed E-state index contributed by atoms with van der Waals surface area (Å²) in [5.41, 5.74) is 9.57. The number of benzene rings is 6. The molecule has 2 aromatic heterocycles. The summed E-state index contributed by atoms with van der Waals surface area (Å²) >= 11 is 27.3.